The van der Waals surface area contributed by atoms with Gasteiger partial charge in [0.25, 0.3) is 0 Å². The molecule has 0 radical (unpaired) electrons. The normalized spacial score (nSPS) is 10.4. The van der Waals surface area contributed by atoms with Gasteiger partial charge in [-0.25, -0.2) is 9.18 Å². The second-order valence-electron chi connectivity index (χ2n) is 4.07. The molecule has 0 aliphatic carbocycles. The fourth-order valence-corrected chi connectivity index (χ4v) is 1.67. The molecule has 2 N–H and O–H groups in total. The third-order valence-electron chi connectivity index (χ3n) is 2.72. The summed E-state index contributed by atoms with van der Waals surface area (Å²) in [6.45, 7) is 0.159. The van der Waals surface area contributed by atoms with Gasteiger partial charge in [0.1, 0.15) is 5.82 Å². The molecular formula is C13H14FN3O2. The molecule has 0 saturated carbocycles. The zero-order valence-electron chi connectivity index (χ0n) is 10.5. The summed E-state index contributed by atoms with van der Waals surface area (Å²) in [7, 11) is 1.80. The molecule has 1 aromatic heterocycles. The zero-order valence-corrected chi connectivity index (χ0v) is 10.5. The van der Waals surface area contributed by atoms with Crippen LogP contribution in [0.5, 0.6) is 0 Å². The molecule has 0 aliphatic rings. The fraction of sp³-hybridized carbons (Fsp3) is 0.231. The molecule has 0 atom stereocenters. The van der Waals surface area contributed by atoms with Gasteiger partial charge in [0.2, 0.25) is 0 Å². The average Bonchev–Trinajstić information content (AvgIpc) is 2.78. The predicted octanol–water partition coefficient (Wildman–Crippen LogP) is 1.54. The minimum absolute atomic E-state index is 0.148. The first-order valence-corrected chi connectivity index (χ1v) is 5.77. The van der Waals surface area contributed by atoms with Crippen molar-refractivity contribution in [3.05, 3.63) is 47.5 Å². The topological polar surface area (TPSA) is 70.1 Å². The Labute approximate surface area is 109 Å². The summed E-state index contributed by atoms with van der Waals surface area (Å²) >= 11 is 0. The smallest absolute Gasteiger partial charge is 0.341 e. The highest BCUT2D eigenvalue weighted by atomic mass is 19.1. The summed E-state index contributed by atoms with van der Waals surface area (Å²) in [5, 5.41) is 4.00. The molecule has 100 valence electrons. The quantitative estimate of drug-likeness (QED) is 0.671. The molecule has 0 fully saturated rings. The van der Waals surface area contributed by atoms with Crippen LogP contribution in [-0.2, 0) is 18.2 Å². The number of halogens is 1. The van der Waals surface area contributed by atoms with Crippen molar-refractivity contribution in [2.24, 2.45) is 7.05 Å². The highest BCUT2D eigenvalue weighted by Gasteiger charge is 2.13. The van der Waals surface area contributed by atoms with E-state index in [2.05, 4.69) is 5.10 Å². The molecule has 1 heterocycles. The van der Waals surface area contributed by atoms with Crippen LogP contribution < -0.4 is 5.73 Å². The van der Waals surface area contributed by atoms with Crippen LogP contribution in [-0.4, -0.2) is 22.4 Å². The van der Waals surface area contributed by atoms with E-state index in [-0.39, 0.29) is 12.2 Å². The summed E-state index contributed by atoms with van der Waals surface area (Å²) < 4.78 is 20.1. The largest absolute Gasteiger partial charge is 0.462 e. The number of ether oxygens (including phenoxy) is 1. The van der Waals surface area contributed by atoms with Crippen LogP contribution in [0.2, 0.25) is 0 Å². The first kappa shape index (κ1) is 13.1. The summed E-state index contributed by atoms with van der Waals surface area (Å²) in [6.07, 6.45) is 2.18. The number of anilines is 1. The van der Waals surface area contributed by atoms with Crippen molar-refractivity contribution >= 4 is 11.7 Å². The number of carbonyl (C=O) groups is 1. The standard InChI is InChI=1S/C13H14FN3O2/c1-17-10(4-6-16-17)5-7-19-13(18)11-8-9(15)2-3-12(11)14/h2-4,6,8H,5,7,15H2,1H3. The number of carbonyl (C=O) groups excluding carboxylic acids is 1. The summed E-state index contributed by atoms with van der Waals surface area (Å²) in [5.41, 5.74) is 6.61. The Bertz CT molecular complexity index is 595. The van der Waals surface area contributed by atoms with Crippen LogP contribution in [0.15, 0.2) is 30.5 Å². The van der Waals surface area contributed by atoms with Gasteiger partial charge in [0.15, 0.2) is 0 Å². The molecule has 5 nitrogen and oxygen atoms in total. The van der Waals surface area contributed by atoms with Crippen LogP contribution in [0.4, 0.5) is 10.1 Å². The third kappa shape index (κ3) is 3.09. The number of nitrogens with two attached hydrogens (primary N) is 1. The van der Waals surface area contributed by atoms with Gasteiger partial charge in [0.05, 0.1) is 12.2 Å². The van der Waals surface area contributed by atoms with Crippen molar-refractivity contribution in [1.29, 1.82) is 0 Å². The second-order valence-corrected chi connectivity index (χ2v) is 4.07. The molecule has 0 amide bonds. The van der Waals surface area contributed by atoms with Gasteiger partial charge in [-0.05, 0) is 24.3 Å². The molecule has 6 heteroatoms. The number of esters is 1. The Kier molecular flexibility index (Phi) is 3.79. The van der Waals surface area contributed by atoms with E-state index in [0.717, 1.165) is 11.8 Å². The number of benzene rings is 1. The number of rotatable bonds is 4. The SMILES string of the molecule is Cn1nccc1CCOC(=O)c1cc(N)ccc1F. The van der Waals surface area contributed by atoms with Crippen molar-refractivity contribution in [3.8, 4) is 0 Å². The third-order valence-corrected chi connectivity index (χ3v) is 2.72. The first-order chi connectivity index (χ1) is 9.08. The van der Waals surface area contributed by atoms with Gasteiger partial charge in [-0.3, -0.25) is 4.68 Å². The van der Waals surface area contributed by atoms with Crippen molar-refractivity contribution in [2.45, 2.75) is 6.42 Å². The van der Waals surface area contributed by atoms with E-state index in [1.54, 1.807) is 17.9 Å². The Hall–Kier alpha value is -2.37. The van der Waals surface area contributed by atoms with E-state index in [0.29, 0.717) is 12.1 Å². The maximum absolute atomic E-state index is 13.4. The summed E-state index contributed by atoms with van der Waals surface area (Å²) in [5.74, 6) is -1.35. The molecule has 1 aromatic carbocycles. The van der Waals surface area contributed by atoms with Gasteiger partial charge in [-0.15, -0.1) is 0 Å². The molecule has 0 unspecified atom stereocenters. The van der Waals surface area contributed by atoms with E-state index in [1.807, 2.05) is 6.07 Å². The van der Waals surface area contributed by atoms with E-state index in [1.165, 1.54) is 12.1 Å². The fourth-order valence-electron chi connectivity index (χ4n) is 1.67. The van der Waals surface area contributed by atoms with Crippen molar-refractivity contribution < 1.29 is 13.9 Å². The molecule has 2 rings (SSSR count). The Balaban J connectivity index is 1.94. The lowest BCUT2D eigenvalue weighted by Gasteiger charge is -2.06. The van der Waals surface area contributed by atoms with Crippen LogP contribution in [0.25, 0.3) is 0 Å². The molecule has 0 saturated heterocycles. The lowest BCUT2D eigenvalue weighted by Crippen LogP contribution is -2.11. The zero-order chi connectivity index (χ0) is 13.8. The highest BCUT2D eigenvalue weighted by Crippen LogP contribution is 2.13. The van der Waals surface area contributed by atoms with E-state index < -0.39 is 11.8 Å². The number of aryl methyl sites for hydroxylation is 1. The summed E-state index contributed by atoms with van der Waals surface area (Å²) in [4.78, 5) is 11.7. The van der Waals surface area contributed by atoms with Crippen LogP contribution in [0.3, 0.4) is 0 Å². The predicted molar refractivity (Wildman–Crippen MR) is 68.0 cm³/mol. The minimum Gasteiger partial charge on any atom is -0.462 e. The Morgan fingerprint density at radius 2 is 2.26 bits per heavy atom. The number of nitrogens with zero attached hydrogens (tertiary/aromatic N) is 2. The number of hydrogen-bond donors (Lipinski definition) is 1. The second kappa shape index (κ2) is 5.51. The molecule has 0 bridgehead atoms. The highest BCUT2D eigenvalue weighted by molar-refractivity contribution is 5.90. The van der Waals surface area contributed by atoms with Gasteiger partial charge in [0, 0.05) is 31.0 Å². The average molecular weight is 263 g/mol. The molecule has 19 heavy (non-hydrogen) atoms. The van der Waals surface area contributed by atoms with Crippen LogP contribution in [0, 0.1) is 5.82 Å². The number of hydrogen-bond acceptors (Lipinski definition) is 4. The lowest BCUT2D eigenvalue weighted by molar-refractivity contribution is 0.0502. The maximum atomic E-state index is 13.4. The number of aromatic nitrogens is 2. The van der Waals surface area contributed by atoms with E-state index in [9.17, 15) is 9.18 Å². The molecular weight excluding hydrogens is 249 g/mol. The van der Waals surface area contributed by atoms with Crippen LogP contribution in [0.1, 0.15) is 16.1 Å². The summed E-state index contributed by atoms with van der Waals surface area (Å²) in [6, 6.07) is 5.63. The maximum Gasteiger partial charge on any atom is 0.341 e. The Morgan fingerprint density at radius 3 is 2.95 bits per heavy atom. The van der Waals surface area contributed by atoms with E-state index >= 15 is 0 Å². The van der Waals surface area contributed by atoms with Gasteiger partial charge < -0.3 is 10.5 Å². The van der Waals surface area contributed by atoms with Gasteiger partial charge >= 0.3 is 5.97 Å². The van der Waals surface area contributed by atoms with Gasteiger partial charge in [-0.2, -0.15) is 5.10 Å². The lowest BCUT2D eigenvalue weighted by atomic mass is 10.2. The Morgan fingerprint density at radius 1 is 1.47 bits per heavy atom. The minimum atomic E-state index is -0.716. The van der Waals surface area contributed by atoms with Crippen molar-refractivity contribution in [3.63, 3.8) is 0 Å². The first-order valence-electron chi connectivity index (χ1n) is 5.77. The molecule has 2 aromatic rings. The van der Waals surface area contributed by atoms with Crippen molar-refractivity contribution in [1.82, 2.24) is 9.78 Å². The van der Waals surface area contributed by atoms with Crippen LogP contribution >= 0.6 is 0 Å². The van der Waals surface area contributed by atoms with Gasteiger partial charge in [-0.1, -0.05) is 0 Å². The van der Waals surface area contributed by atoms with E-state index in [4.69, 9.17) is 10.5 Å². The molecule has 0 spiro atoms. The molecule has 0 aliphatic heterocycles. The number of nitrogen functional groups attached to an aromatic ring is 1. The van der Waals surface area contributed by atoms with Crippen molar-refractivity contribution in [2.75, 3.05) is 12.3 Å². The monoisotopic (exact) mass is 263 g/mol.